The van der Waals surface area contributed by atoms with Gasteiger partial charge in [0.25, 0.3) is 11.6 Å². The average molecular weight is 351 g/mol. The molecule has 1 aromatic carbocycles. The van der Waals surface area contributed by atoms with Crippen molar-refractivity contribution in [2.75, 3.05) is 13.1 Å². The zero-order valence-corrected chi connectivity index (χ0v) is 14.1. The number of nitrogens with zero attached hydrogens (tertiary/aromatic N) is 3. The Balaban J connectivity index is 1.87. The van der Waals surface area contributed by atoms with Gasteiger partial charge in [-0.15, -0.1) is 0 Å². The molecule has 0 spiro atoms. The van der Waals surface area contributed by atoms with Crippen LogP contribution in [0, 0.1) is 21.4 Å². The van der Waals surface area contributed by atoms with E-state index in [0.717, 1.165) is 19.3 Å². The second kappa shape index (κ2) is 7.66. The van der Waals surface area contributed by atoms with Gasteiger partial charge in [-0.2, -0.15) is 5.26 Å². The molecule has 0 bridgehead atoms. The largest absolute Gasteiger partial charge is 0.456 e. The van der Waals surface area contributed by atoms with Crippen LogP contribution in [0.1, 0.15) is 25.0 Å². The maximum Gasteiger partial charge on any atom is 0.280 e. The lowest BCUT2D eigenvalue weighted by Gasteiger charge is -2.26. The van der Waals surface area contributed by atoms with Crippen LogP contribution < -0.4 is 0 Å². The summed E-state index contributed by atoms with van der Waals surface area (Å²) in [5.74, 6) is 0.308. The minimum absolute atomic E-state index is 0.00430. The molecule has 2 aromatic rings. The number of benzene rings is 1. The van der Waals surface area contributed by atoms with Gasteiger partial charge in [0.15, 0.2) is 0 Å². The topological polar surface area (TPSA) is 100 Å². The van der Waals surface area contributed by atoms with Gasteiger partial charge in [0.05, 0.1) is 10.5 Å². The van der Waals surface area contributed by atoms with E-state index in [0.29, 0.717) is 30.2 Å². The second-order valence-electron chi connectivity index (χ2n) is 6.00. The maximum atomic E-state index is 12.5. The Morgan fingerprint density at radius 2 is 1.92 bits per heavy atom. The van der Waals surface area contributed by atoms with Gasteiger partial charge in [0.1, 0.15) is 23.2 Å². The second-order valence-corrected chi connectivity index (χ2v) is 6.00. The lowest BCUT2D eigenvalue weighted by atomic mass is 10.1. The molecule has 0 atom stereocenters. The van der Waals surface area contributed by atoms with Crippen molar-refractivity contribution in [1.82, 2.24) is 4.90 Å². The van der Waals surface area contributed by atoms with Crippen molar-refractivity contribution in [2.24, 2.45) is 0 Å². The number of carbonyl (C=O) groups excluding carboxylic acids is 1. The number of hydrogen-bond acceptors (Lipinski definition) is 5. The molecule has 0 radical (unpaired) electrons. The van der Waals surface area contributed by atoms with E-state index in [1.54, 1.807) is 35.2 Å². The van der Waals surface area contributed by atoms with E-state index in [2.05, 4.69) is 0 Å². The molecule has 7 nitrogen and oxygen atoms in total. The van der Waals surface area contributed by atoms with Crippen molar-refractivity contribution >= 4 is 17.7 Å². The lowest BCUT2D eigenvalue weighted by molar-refractivity contribution is -0.384. The smallest absolute Gasteiger partial charge is 0.280 e. The van der Waals surface area contributed by atoms with Crippen LogP contribution in [0.15, 0.2) is 46.4 Å². The molecule has 0 saturated carbocycles. The Kier molecular flexibility index (Phi) is 5.13. The summed E-state index contributed by atoms with van der Waals surface area (Å²) in [6.45, 7) is 1.30. The van der Waals surface area contributed by atoms with E-state index in [9.17, 15) is 20.2 Å². The number of hydrogen-bond donors (Lipinski definition) is 0. The molecule has 1 aliphatic rings. The minimum atomic E-state index is -0.478. The minimum Gasteiger partial charge on any atom is -0.456 e. The molecule has 1 amide bonds. The van der Waals surface area contributed by atoms with Gasteiger partial charge in [0.2, 0.25) is 0 Å². The van der Waals surface area contributed by atoms with Gasteiger partial charge in [-0.25, -0.2) is 0 Å². The number of likely N-dealkylation sites (tertiary alicyclic amines) is 1. The molecule has 1 aliphatic heterocycles. The molecule has 1 saturated heterocycles. The molecule has 1 aromatic heterocycles. The van der Waals surface area contributed by atoms with Gasteiger partial charge < -0.3 is 9.32 Å². The van der Waals surface area contributed by atoms with Crippen molar-refractivity contribution in [2.45, 2.75) is 19.3 Å². The molecule has 132 valence electrons. The number of nitro benzene ring substituents is 1. The van der Waals surface area contributed by atoms with Crippen molar-refractivity contribution in [3.05, 3.63) is 57.8 Å². The lowest BCUT2D eigenvalue weighted by Crippen LogP contribution is -2.36. The van der Waals surface area contributed by atoms with Crippen LogP contribution in [0.2, 0.25) is 0 Å². The summed E-state index contributed by atoms with van der Waals surface area (Å²) in [5, 5.41) is 20.5. The Hall–Kier alpha value is -3.40. The van der Waals surface area contributed by atoms with Gasteiger partial charge in [-0.1, -0.05) is 12.1 Å². The SMILES string of the molecule is N#C/C(=C\c1ccc(-c2ccccc2[N+](=O)[O-])o1)C(=O)N1CCCCC1. The molecule has 0 aliphatic carbocycles. The highest BCUT2D eigenvalue weighted by Crippen LogP contribution is 2.31. The van der Waals surface area contributed by atoms with E-state index >= 15 is 0 Å². The van der Waals surface area contributed by atoms with Crippen LogP contribution in [0.4, 0.5) is 5.69 Å². The standard InChI is InChI=1S/C19H17N3O4/c20-13-14(19(23)21-10-4-1-5-11-21)12-15-8-9-18(26-15)16-6-2-3-7-17(16)22(24)25/h2-3,6-9,12H,1,4-5,10-11H2/b14-12+. The molecule has 0 unspecified atom stereocenters. The Bertz CT molecular complexity index is 902. The fourth-order valence-electron chi connectivity index (χ4n) is 2.97. The third-order valence-corrected chi connectivity index (χ3v) is 4.27. The number of piperidine rings is 1. The summed E-state index contributed by atoms with van der Waals surface area (Å²) in [6.07, 6.45) is 4.35. The Morgan fingerprint density at radius 3 is 2.62 bits per heavy atom. The first-order valence-electron chi connectivity index (χ1n) is 8.35. The van der Waals surface area contributed by atoms with Crippen LogP contribution in [-0.2, 0) is 4.79 Å². The molecular weight excluding hydrogens is 334 g/mol. The summed E-state index contributed by atoms with van der Waals surface area (Å²) < 4.78 is 5.63. The van der Waals surface area contributed by atoms with Crippen LogP contribution in [-0.4, -0.2) is 28.8 Å². The summed E-state index contributed by atoms with van der Waals surface area (Å²) in [7, 11) is 0. The van der Waals surface area contributed by atoms with Gasteiger partial charge in [-0.05, 0) is 37.5 Å². The molecule has 1 fully saturated rings. The predicted octanol–water partition coefficient (Wildman–Crippen LogP) is 3.77. The highest BCUT2D eigenvalue weighted by molar-refractivity contribution is 6.01. The number of amides is 1. The van der Waals surface area contributed by atoms with Crippen LogP contribution in [0.3, 0.4) is 0 Å². The van der Waals surface area contributed by atoms with E-state index in [1.165, 1.54) is 12.1 Å². The van der Waals surface area contributed by atoms with Crippen molar-refractivity contribution < 1.29 is 14.1 Å². The fraction of sp³-hybridized carbons (Fsp3) is 0.263. The number of nitro groups is 1. The Labute approximate surface area is 150 Å². The van der Waals surface area contributed by atoms with Crippen LogP contribution in [0.5, 0.6) is 0 Å². The number of para-hydroxylation sites is 1. The summed E-state index contributed by atoms with van der Waals surface area (Å²) in [6, 6.07) is 11.4. The highest BCUT2D eigenvalue weighted by atomic mass is 16.6. The fourth-order valence-corrected chi connectivity index (χ4v) is 2.97. The predicted molar refractivity (Wildman–Crippen MR) is 94.8 cm³/mol. The van der Waals surface area contributed by atoms with E-state index in [4.69, 9.17) is 4.42 Å². The number of carbonyl (C=O) groups is 1. The molecule has 0 N–H and O–H groups in total. The molecule has 26 heavy (non-hydrogen) atoms. The zero-order chi connectivity index (χ0) is 18.5. The van der Waals surface area contributed by atoms with Crippen molar-refractivity contribution in [1.29, 1.82) is 5.26 Å². The van der Waals surface area contributed by atoms with Gasteiger partial charge >= 0.3 is 0 Å². The third kappa shape index (κ3) is 3.64. The first-order chi connectivity index (χ1) is 12.6. The number of rotatable bonds is 4. The highest BCUT2D eigenvalue weighted by Gasteiger charge is 2.21. The van der Waals surface area contributed by atoms with E-state index < -0.39 is 4.92 Å². The monoisotopic (exact) mass is 351 g/mol. The Morgan fingerprint density at radius 1 is 1.19 bits per heavy atom. The third-order valence-electron chi connectivity index (χ3n) is 4.27. The number of furan rings is 1. The first-order valence-corrected chi connectivity index (χ1v) is 8.35. The summed E-state index contributed by atoms with van der Waals surface area (Å²) in [5.41, 5.74) is 0.274. The van der Waals surface area contributed by atoms with Crippen molar-refractivity contribution in [3.8, 4) is 17.4 Å². The van der Waals surface area contributed by atoms with Crippen molar-refractivity contribution in [3.63, 3.8) is 0 Å². The quantitative estimate of drug-likeness (QED) is 0.361. The number of nitriles is 1. The summed E-state index contributed by atoms with van der Waals surface area (Å²) in [4.78, 5) is 24.8. The van der Waals surface area contributed by atoms with E-state index in [1.807, 2.05) is 6.07 Å². The molecule has 7 heteroatoms. The zero-order valence-electron chi connectivity index (χ0n) is 14.1. The molecule has 2 heterocycles. The first kappa shape index (κ1) is 17.4. The van der Waals surface area contributed by atoms with Crippen LogP contribution in [0.25, 0.3) is 17.4 Å². The van der Waals surface area contributed by atoms with Gasteiger partial charge in [-0.3, -0.25) is 14.9 Å². The van der Waals surface area contributed by atoms with E-state index in [-0.39, 0.29) is 17.2 Å². The maximum absolute atomic E-state index is 12.5. The van der Waals surface area contributed by atoms with Gasteiger partial charge in [0, 0.05) is 25.2 Å². The summed E-state index contributed by atoms with van der Waals surface area (Å²) >= 11 is 0. The normalized spacial score (nSPS) is 14.7. The van der Waals surface area contributed by atoms with Crippen LogP contribution >= 0.6 is 0 Å². The molecular formula is C19H17N3O4. The molecule has 3 rings (SSSR count). The average Bonchev–Trinajstić information content (AvgIpc) is 3.14.